The smallest absolute Gasteiger partial charge is 0.111 e. The Morgan fingerprint density at radius 1 is 1.12 bits per heavy atom. The largest absolute Gasteiger partial charge is 0.291 e. The summed E-state index contributed by atoms with van der Waals surface area (Å²) in [5.74, 6) is 0. The van der Waals surface area contributed by atoms with Gasteiger partial charge in [0.2, 0.25) is 0 Å². The summed E-state index contributed by atoms with van der Waals surface area (Å²) in [6, 6.07) is 12.4. The van der Waals surface area contributed by atoms with E-state index in [-0.39, 0.29) is 0 Å². The van der Waals surface area contributed by atoms with Crippen LogP contribution in [0.15, 0.2) is 55.0 Å². The zero-order chi connectivity index (χ0) is 17.5. The Bertz CT molecular complexity index is 1080. The lowest BCUT2D eigenvalue weighted by Gasteiger charge is -2.27. The third-order valence-corrected chi connectivity index (χ3v) is 5.03. The van der Waals surface area contributed by atoms with Gasteiger partial charge in [-0.15, -0.1) is 0 Å². The predicted octanol–water partition coefficient (Wildman–Crippen LogP) is 2.92. The topological polar surface area (TPSA) is 51.2 Å². The summed E-state index contributed by atoms with van der Waals surface area (Å²) in [6.07, 6.45) is 5.80. The molecule has 0 atom stereocenters. The lowest BCUT2D eigenvalue weighted by atomic mass is 10.1. The van der Waals surface area contributed by atoms with E-state index in [1.165, 1.54) is 16.8 Å². The van der Waals surface area contributed by atoms with Crippen molar-refractivity contribution in [2.24, 2.45) is 0 Å². The molecule has 0 aromatic carbocycles. The number of nitrogens with zero attached hydrogens (tertiary/aromatic N) is 6. The molecule has 26 heavy (non-hydrogen) atoms. The number of hydrogen-bond acceptors (Lipinski definition) is 4. The van der Waals surface area contributed by atoms with Crippen LogP contribution < -0.4 is 0 Å². The first-order valence-electron chi connectivity index (χ1n) is 8.90. The lowest BCUT2D eigenvalue weighted by Crippen LogP contribution is -2.33. The molecule has 0 saturated carbocycles. The van der Waals surface area contributed by atoms with Gasteiger partial charge < -0.3 is 0 Å². The fourth-order valence-corrected chi connectivity index (χ4v) is 3.68. The Balaban J connectivity index is 1.39. The molecule has 0 bridgehead atoms. The molecule has 0 N–H and O–H groups in total. The van der Waals surface area contributed by atoms with Crippen molar-refractivity contribution in [1.82, 2.24) is 29.3 Å². The van der Waals surface area contributed by atoms with Crippen molar-refractivity contribution in [3.8, 4) is 11.4 Å². The molecule has 0 aliphatic carbocycles. The first-order chi connectivity index (χ1) is 12.8. The van der Waals surface area contributed by atoms with Crippen LogP contribution in [0.25, 0.3) is 16.9 Å². The van der Waals surface area contributed by atoms with E-state index in [1.807, 2.05) is 35.2 Å². The van der Waals surface area contributed by atoms with Gasteiger partial charge in [-0.2, -0.15) is 10.2 Å². The van der Waals surface area contributed by atoms with Gasteiger partial charge in [0, 0.05) is 37.6 Å². The van der Waals surface area contributed by atoms with E-state index < -0.39 is 0 Å². The summed E-state index contributed by atoms with van der Waals surface area (Å²) in [6.45, 7) is 5.76. The minimum atomic E-state index is 0.892. The number of pyridine rings is 2. The van der Waals surface area contributed by atoms with E-state index in [2.05, 4.69) is 50.9 Å². The van der Waals surface area contributed by atoms with E-state index in [0.717, 1.165) is 43.1 Å². The van der Waals surface area contributed by atoms with Gasteiger partial charge in [-0.3, -0.25) is 14.6 Å². The molecule has 0 radical (unpaired) electrons. The fraction of sp³-hybridized carbons (Fsp3) is 0.250. The number of fused-ring (bicyclic) bond motifs is 2. The van der Waals surface area contributed by atoms with Crippen LogP contribution in [0.5, 0.6) is 0 Å². The molecule has 0 fully saturated rings. The van der Waals surface area contributed by atoms with Crippen molar-refractivity contribution >= 4 is 5.52 Å². The van der Waals surface area contributed by atoms with Crippen LogP contribution in [0, 0.1) is 6.92 Å². The molecule has 6 nitrogen and oxygen atoms in total. The van der Waals surface area contributed by atoms with Crippen LogP contribution in [-0.2, 0) is 19.6 Å². The fourth-order valence-electron chi connectivity index (χ4n) is 3.68. The van der Waals surface area contributed by atoms with Crippen molar-refractivity contribution in [3.05, 3.63) is 71.8 Å². The highest BCUT2D eigenvalue weighted by Crippen LogP contribution is 2.24. The SMILES string of the molecule is Cc1cccnc1-c1cc2n(n1)CCN(Cc1cnn3ccccc13)C2. The van der Waals surface area contributed by atoms with E-state index >= 15 is 0 Å². The molecular formula is C20H20N6. The molecule has 5 heterocycles. The maximum Gasteiger partial charge on any atom is 0.111 e. The molecule has 4 aromatic rings. The quantitative estimate of drug-likeness (QED) is 0.573. The zero-order valence-electron chi connectivity index (χ0n) is 14.7. The molecule has 5 rings (SSSR count). The molecule has 0 amide bonds. The standard InChI is InChI=1S/C20H20N6/c1-15-5-4-7-21-20(15)18-11-17-14-24(9-10-25(17)23-18)13-16-12-22-26-8-3-2-6-19(16)26/h2-8,11-12H,9-10,13-14H2,1H3. The second-order valence-corrected chi connectivity index (χ2v) is 6.82. The van der Waals surface area contributed by atoms with E-state index in [1.54, 1.807) is 0 Å². The number of hydrogen-bond donors (Lipinski definition) is 0. The number of aromatic nitrogens is 5. The molecular weight excluding hydrogens is 324 g/mol. The third-order valence-electron chi connectivity index (χ3n) is 5.03. The minimum Gasteiger partial charge on any atom is -0.291 e. The average Bonchev–Trinajstić information content (AvgIpc) is 3.26. The van der Waals surface area contributed by atoms with Crippen LogP contribution in [-0.4, -0.2) is 35.8 Å². The van der Waals surface area contributed by atoms with Gasteiger partial charge in [-0.25, -0.2) is 4.52 Å². The highest BCUT2D eigenvalue weighted by molar-refractivity contribution is 5.58. The maximum absolute atomic E-state index is 4.77. The molecule has 4 aromatic heterocycles. The summed E-state index contributed by atoms with van der Waals surface area (Å²) in [5, 5.41) is 9.22. The van der Waals surface area contributed by atoms with Gasteiger partial charge in [-0.1, -0.05) is 12.1 Å². The lowest BCUT2D eigenvalue weighted by molar-refractivity contribution is 0.206. The monoisotopic (exact) mass is 344 g/mol. The van der Waals surface area contributed by atoms with Crippen molar-refractivity contribution in [1.29, 1.82) is 0 Å². The van der Waals surface area contributed by atoms with Crippen LogP contribution >= 0.6 is 0 Å². The van der Waals surface area contributed by atoms with Gasteiger partial charge in [0.25, 0.3) is 0 Å². The average molecular weight is 344 g/mol. The second-order valence-electron chi connectivity index (χ2n) is 6.82. The van der Waals surface area contributed by atoms with Gasteiger partial charge in [0.1, 0.15) is 5.69 Å². The first kappa shape index (κ1) is 15.3. The predicted molar refractivity (Wildman–Crippen MR) is 99.5 cm³/mol. The normalized spacial score (nSPS) is 14.7. The van der Waals surface area contributed by atoms with E-state index in [9.17, 15) is 0 Å². The number of aryl methyl sites for hydroxylation is 1. The molecule has 0 spiro atoms. The van der Waals surface area contributed by atoms with E-state index in [4.69, 9.17) is 5.10 Å². The number of rotatable bonds is 3. The van der Waals surface area contributed by atoms with Crippen LogP contribution in [0.3, 0.4) is 0 Å². The van der Waals surface area contributed by atoms with Crippen molar-refractivity contribution < 1.29 is 0 Å². The Morgan fingerprint density at radius 3 is 3.00 bits per heavy atom. The van der Waals surface area contributed by atoms with Gasteiger partial charge >= 0.3 is 0 Å². The highest BCUT2D eigenvalue weighted by atomic mass is 15.3. The highest BCUT2D eigenvalue weighted by Gasteiger charge is 2.20. The molecule has 6 heteroatoms. The molecule has 130 valence electrons. The van der Waals surface area contributed by atoms with Crippen LogP contribution in [0.1, 0.15) is 16.8 Å². The Hall–Kier alpha value is -2.99. The van der Waals surface area contributed by atoms with Gasteiger partial charge in [0.15, 0.2) is 0 Å². The Labute approximate surface area is 151 Å². The van der Waals surface area contributed by atoms with Crippen LogP contribution in [0.4, 0.5) is 0 Å². The van der Waals surface area contributed by atoms with Gasteiger partial charge in [-0.05, 0) is 36.8 Å². The molecule has 1 aliphatic rings. The summed E-state index contributed by atoms with van der Waals surface area (Å²) >= 11 is 0. The van der Waals surface area contributed by atoms with Crippen LogP contribution in [0.2, 0.25) is 0 Å². The molecule has 1 aliphatic heterocycles. The second kappa shape index (κ2) is 6.07. The van der Waals surface area contributed by atoms with E-state index in [0.29, 0.717) is 0 Å². The maximum atomic E-state index is 4.77. The summed E-state index contributed by atoms with van der Waals surface area (Å²) < 4.78 is 4.06. The Morgan fingerprint density at radius 2 is 2.08 bits per heavy atom. The Kier molecular flexibility index (Phi) is 3.57. The molecule has 0 saturated heterocycles. The van der Waals surface area contributed by atoms with Gasteiger partial charge in [0.05, 0.1) is 29.6 Å². The summed E-state index contributed by atoms with van der Waals surface area (Å²) in [5.41, 5.74) is 6.79. The molecule has 0 unspecified atom stereocenters. The van der Waals surface area contributed by atoms with Crippen molar-refractivity contribution in [2.45, 2.75) is 26.6 Å². The minimum absolute atomic E-state index is 0.892. The third kappa shape index (κ3) is 2.59. The zero-order valence-corrected chi connectivity index (χ0v) is 14.7. The first-order valence-corrected chi connectivity index (χ1v) is 8.90. The summed E-state index contributed by atoms with van der Waals surface area (Å²) in [7, 11) is 0. The van der Waals surface area contributed by atoms with Crippen molar-refractivity contribution in [2.75, 3.05) is 6.54 Å². The van der Waals surface area contributed by atoms with Crippen molar-refractivity contribution in [3.63, 3.8) is 0 Å². The summed E-state index contributed by atoms with van der Waals surface area (Å²) in [4.78, 5) is 6.96.